The van der Waals surface area contributed by atoms with Crippen molar-refractivity contribution < 1.29 is 4.39 Å². The summed E-state index contributed by atoms with van der Waals surface area (Å²) in [5, 5.41) is 0. The van der Waals surface area contributed by atoms with Crippen molar-refractivity contribution >= 4 is 66.8 Å². The van der Waals surface area contributed by atoms with Crippen LogP contribution >= 0.6 is 61.1 Å². The van der Waals surface area contributed by atoms with E-state index in [0.717, 1.165) is 7.14 Å². The van der Waals surface area contributed by atoms with Gasteiger partial charge < -0.3 is 5.73 Å². The van der Waals surface area contributed by atoms with Crippen molar-refractivity contribution in [2.75, 3.05) is 5.73 Å². The van der Waals surface area contributed by atoms with E-state index in [1.165, 1.54) is 0 Å². The first-order valence-electron chi connectivity index (χ1n) is 2.62. The Labute approximate surface area is 99.3 Å². The molecule has 0 aromatic heterocycles. The smallest absolute Gasteiger partial charge is 0.162 e. The van der Waals surface area contributed by atoms with Crippen LogP contribution in [0.1, 0.15) is 0 Å². The van der Waals surface area contributed by atoms with Gasteiger partial charge in [0.05, 0.1) is 10.2 Å². The van der Waals surface area contributed by atoms with E-state index >= 15 is 0 Å². The number of nitrogen functional groups attached to an aromatic ring is 1. The van der Waals surface area contributed by atoms with Gasteiger partial charge in [-0.15, -0.1) is 0 Å². The molecule has 0 spiro atoms. The van der Waals surface area contributed by atoms with E-state index in [-0.39, 0.29) is 11.5 Å². The third kappa shape index (κ3) is 1.97. The molecule has 1 aromatic carbocycles. The third-order valence-electron chi connectivity index (χ3n) is 1.15. The van der Waals surface area contributed by atoms with Crippen molar-refractivity contribution in [2.45, 2.75) is 0 Å². The Morgan fingerprint density at radius 1 is 1.36 bits per heavy atom. The number of hydrogen-bond donors (Lipinski definition) is 1. The van der Waals surface area contributed by atoms with E-state index in [2.05, 4.69) is 15.9 Å². The maximum atomic E-state index is 13.1. The maximum absolute atomic E-state index is 13.1. The Bertz CT molecular complexity index is 277. The highest BCUT2D eigenvalue weighted by Gasteiger charge is 2.10. The first-order valence-corrected chi connectivity index (χ1v) is 5.57. The van der Waals surface area contributed by atoms with Crippen LogP contribution in [-0.2, 0) is 0 Å². The Kier molecular flexibility index (Phi) is 3.39. The molecule has 0 radical (unpaired) electrons. The molecule has 0 saturated carbocycles. The summed E-state index contributed by atoms with van der Waals surface area (Å²) in [6.45, 7) is 0. The second-order valence-corrected chi connectivity index (χ2v) is 5.00. The molecule has 5 heteroatoms. The molecular weight excluding hydrogens is 439 g/mol. The molecule has 0 fully saturated rings. The highest BCUT2D eigenvalue weighted by atomic mass is 127. The summed E-state index contributed by atoms with van der Waals surface area (Å²) in [6, 6.07) is 1.82. The predicted molar refractivity (Wildman–Crippen MR) is 63.9 cm³/mol. The molecule has 0 aliphatic carbocycles. The van der Waals surface area contributed by atoms with Gasteiger partial charge in [0, 0.05) is 7.14 Å². The zero-order valence-electron chi connectivity index (χ0n) is 5.17. The summed E-state index contributed by atoms with van der Waals surface area (Å²) in [7, 11) is 0. The standard InChI is InChI=1S/C6H3BrFI2N/c7-4-2(9)1-3(10)6(11)5(4)8/h1H,11H2. The third-order valence-corrected chi connectivity index (χ3v) is 4.41. The van der Waals surface area contributed by atoms with Crippen LogP contribution in [0.3, 0.4) is 0 Å². The molecule has 0 atom stereocenters. The Morgan fingerprint density at radius 3 is 2.45 bits per heavy atom. The van der Waals surface area contributed by atoms with Crippen LogP contribution in [0.25, 0.3) is 0 Å². The van der Waals surface area contributed by atoms with Gasteiger partial charge in [0.1, 0.15) is 0 Å². The Balaban J connectivity index is 3.46. The van der Waals surface area contributed by atoms with Crippen LogP contribution in [0.4, 0.5) is 10.1 Å². The minimum atomic E-state index is -0.374. The molecular formula is C6H3BrFI2N. The van der Waals surface area contributed by atoms with Gasteiger partial charge in [0.25, 0.3) is 0 Å². The minimum Gasteiger partial charge on any atom is -0.395 e. The number of rotatable bonds is 0. The van der Waals surface area contributed by atoms with Gasteiger partial charge >= 0.3 is 0 Å². The SMILES string of the molecule is Nc1c(I)cc(I)c(Br)c1F. The lowest BCUT2D eigenvalue weighted by Crippen LogP contribution is -1.96. The summed E-state index contributed by atoms with van der Waals surface area (Å²) in [6.07, 6.45) is 0. The largest absolute Gasteiger partial charge is 0.395 e. The summed E-state index contributed by atoms with van der Waals surface area (Å²) in [4.78, 5) is 0. The average Bonchev–Trinajstić information content (AvgIpc) is 1.97. The normalized spacial score (nSPS) is 10.2. The fourth-order valence-corrected chi connectivity index (χ4v) is 2.60. The predicted octanol–water partition coefficient (Wildman–Crippen LogP) is 3.38. The fourth-order valence-electron chi connectivity index (χ4n) is 0.580. The number of benzene rings is 1. The number of anilines is 1. The monoisotopic (exact) mass is 441 g/mol. The van der Waals surface area contributed by atoms with Crippen molar-refractivity contribution in [1.29, 1.82) is 0 Å². The second-order valence-electron chi connectivity index (χ2n) is 1.88. The molecule has 0 heterocycles. The molecule has 2 N–H and O–H groups in total. The Morgan fingerprint density at radius 2 is 1.91 bits per heavy atom. The van der Waals surface area contributed by atoms with Gasteiger partial charge in [-0.3, -0.25) is 0 Å². The van der Waals surface area contributed by atoms with Gasteiger partial charge in [-0.2, -0.15) is 0 Å². The lowest BCUT2D eigenvalue weighted by Gasteiger charge is -2.03. The molecule has 1 nitrogen and oxygen atoms in total. The van der Waals surface area contributed by atoms with Crippen LogP contribution in [-0.4, -0.2) is 0 Å². The van der Waals surface area contributed by atoms with Crippen molar-refractivity contribution in [2.24, 2.45) is 0 Å². The van der Waals surface area contributed by atoms with Gasteiger partial charge in [-0.1, -0.05) is 0 Å². The van der Waals surface area contributed by atoms with Crippen LogP contribution in [0.15, 0.2) is 10.5 Å². The average molecular weight is 442 g/mol. The quantitative estimate of drug-likeness (QED) is 0.284. The highest BCUT2D eigenvalue weighted by molar-refractivity contribution is 14.1. The zero-order valence-corrected chi connectivity index (χ0v) is 11.1. The minimum absolute atomic E-state index is 0.206. The van der Waals surface area contributed by atoms with E-state index < -0.39 is 0 Å². The van der Waals surface area contributed by atoms with Crippen LogP contribution in [0.2, 0.25) is 0 Å². The molecule has 0 saturated heterocycles. The molecule has 0 bridgehead atoms. The van der Waals surface area contributed by atoms with E-state index in [9.17, 15) is 4.39 Å². The summed E-state index contributed by atoms with van der Waals surface area (Å²) in [5.41, 5.74) is 5.64. The van der Waals surface area contributed by atoms with Crippen LogP contribution < -0.4 is 5.73 Å². The van der Waals surface area contributed by atoms with E-state index in [1.807, 2.05) is 51.2 Å². The van der Waals surface area contributed by atoms with Gasteiger partial charge in [0.15, 0.2) is 5.82 Å². The van der Waals surface area contributed by atoms with Gasteiger partial charge in [-0.25, -0.2) is 4.39 Å². The second kappa shape index (κ2) is 3.73. The van der Waals surface area contributed by atoms with Crippen LogP contribution in [0.5, 0.6) is 0 Å². The first kappa shape index (κ1) is 9.97. The van der Waals surface area contributed by atoms with Crippen molar-refractivity contribution in [1.82, 2.24) is 0 Å². The van der Waals surface area contributed by atoms with Gasteiger partial charge in [-0.05, 0) is 67.2 Å². The molecule has 0 amide bonds. The lowest BCUT2D eigenvalue weighted by atomic mass is 10.3. The first-order chi connectivity index (χ1) is 5.04. The van der Waals surface area contributed by atoms with Crippen molar-refractivity contribution in [3.05, 3.63) is 23.5 Å². The Hall–Kier alpha value is 0.890. The van der Waals surface area contributed by atoms with Crippen LogP contribution in [0, 0.1) is 13.0 Å². The van der Waals surface area contributed by atoms with E-state index in [1.54, 1.807) is 0 Å². The fraction of sp³-hybridized carbons (Fsp3) is 0. The summed E-state index contributed by atoms with van der Waals surface area (Å²) < 4.78 is 15.1. The molecule has 0 aliphatic rings. The summed E-state index contributed by atoms with van der Waals surface area (Å²) >= 11 is 7.14. The molecule has 0 unspecified atom stereocenters. The lowest BCUT2D eigenvalue weighted by molar-refractivity contribution is 0.624. The molecule has 60 valence electrons. The molecule has 0 aliphatic heterocycles. The highest BCUT2D eigenvalue weighted by Crippen LogP contribution is 2.30. The van der Waals surface area contributed by atoms with Crippen molar-refractivity contribution in [3.8, 4) is 0 Å². The maximum Gasteiger partial charge on any atom is 0.162 e. The molecule has 1 rings (SSSR count). The number of halogens is 4. The number of hydrogen-bond acceptors (Lipinski definition) is 1. The topological polar surface area (TPSA) is 26.0 Å². The molecule has 1 aromatic rings. The van der Waals surface area contributed by atoms with E-state index in [4.69, 9.17) is 5.73 Å². The van der Waals surface area contributed by atoms with E-state index in [0.29, 0.717) is 4.47 Å². The zero-order chi connectivity index (χ0) is 8.59. The van der Waals surface area contributed by atoms with Crippen molar-refractivity contribution in [3.63, 3.8) is 0 Å². The van der Waals surface area contributed by atoms with Gasteiger partial charge in [0.2, 0.25) is 0 Å². The number of nitrogens with two attached hydrogens (primary N) is 1. The molecule has 11 heavy (non-hydrogen) atoms. The summed E-state index contributed by atoms with van der Waals surface area (Å²) in [5.74, 6) is -0.374.